The highest BCUT2D eigenvalue weighted by atomic mass is 16.4. The molecule has 132 valence electrons. The summed E-state index contributed by atoms with van der Waals surface area (Å²) in [6.45, 7) is 2.25. The van der Waals surface area contributed by atoms with Gasteiger partial charge in [0, 0.05) is 6.08 Å². The highest BCUT2D eigenvalue weighted by molar-refractivity contribution is 5.80. The molecule has 0 aromatic carbocycles. The number of carboxylic acids is 1. The number of hydrogen-bond acceptors (Lipinski definition) is 1. The molecule has 0 atom stereocenters. The molecule has 0 aliphatic carbocycles. The Balaban J connectivity index is 3.57. The Morgan fingerprint density at radius 3 is 1.67 bits per heavy atom. The lowest BCUT2D eigenvalue weighted by Crippen LogP contribution is -1.84. The second-order valence-corrected chi connectivity index (χ2v) is 5.58. The van der Waals surface area contributed by atoms with E-state index in [1.807, 2.05) is 36.5 Å². The molecule has 24 heavy (non-hydrogen) atoms. The molecule has 0 saturated heterocycles. The van der Waals surface area contributed by atoms with E-state index in [0.29, 0.717) is 0 Å². The van der Waals surface area contributed by atoms with Crippen molar-refractivity contribution in [3.8, 4) is 0 Å². The van der Waals surface area contributed by atoms with Crippen molar-refractivity contribution in [1.82, 2.24) is 0 Å². The third-order valence-corrected chi connectivity index (χ3v) is 3.35. The number of carbonyl (C=O) groups is 1. The number of aliphatic carboxylic acids is 1. The van der Waals surface area contributed by atoms with Crippen molar-refractivity contribution in [1.29, 1.82) is 0 Å². The minimum absolute atomic E-state index is 0.936. The van der Waals surface area contributed by atoms with E-state index >= 15 is 0 Å². The van der Waals surface area contributed by atoms with Gasteiger partial charge in [0.2, 0.25) is 0 Å². The van der Waals surface area contributed by atoms with Crippen LogP contribution in [0.15, 0.2) is 72.9 Å². The molecule has 1 N–H and O–H groups in total. The van der Waals surface area contributed by atoms with E-state index in [2.05, 4.69) is 19.1 Å². The molecule has 0 saturated carbocycles. The van der Waals surface area contributed by atoms with Crippen molar-refractivity contribution in [2.45, 2.75) is 58.3 Å². The van der Waals surface area contributed by atoms with Crippen molar-refractivity contribution >= 4 is 5.97 Å². The van der Waals surface area contributed by atoms with Crippen LogP contribution in [-0.4, -0.2) is 11.1 Å². The maximum absolute atomic E-state index is 10.2. The van der Waals surface area contributed by atoms with Gasteiger partial charge in [-0.1, -0.05) is 112 Å². The van der Waals surface area contributed by atoms with Gasteiger partial charge in [-0.3, -0.25) is 0 Å². The summed E-state index contributed by atoms with van der Waals surface area (Å²) in [5.41, 5.74) is 0. The summed E-state index contributed by atoms with van der Waals surface area (Å²) < 4.78 is 0. The average molecular weight is 328 g/mol. The van der Waals surface area contributed by atoms with E-state index in [0.717, 1.165) is 12.5 Å². The standard InChI is InChI=1S/C22H32O2/c1-2-3-4-5-6-7-8-9-10-11-12-13-14-15-16-17-18-19-20-21-22(23)24/h10-21H,2-9H2,1H3,(H,23,24)/b11-10-,13-12-,15-14-,17-16-,19-18-,21-20-. The van der Waals surface area contributed by atoms with Gasteiger partial charge in [0.15, 0.2) is 0 Å². The Labute approximate surface area is 147 Å². The highest BCUT2D eigenvalue weighted by Gasteiger charge is 1.88. The van der Waals surface area contributed by atoms with Crippen molar-refractivity contribution in [3.05, 3.63) is 72.9 Å². The lowest BCUT2D eigenvalue weighted by Gasteiger charge is -1.98. The Hall–Kier alpha value is -2.09. The molecule has 0 aliphatic rings. The molecule has 2 heteroatoms. The monoisotopic (exact) mass is 328 g/mol. The number of hydrogen-bond donors (Lipinski definition) is 1. The third-order valence-electron chi connectivity index (χ3n) is 3.35. The number of allylic oxidation sites excluding steroid dienone is 11. The normalized spacial score (nSPS) is 13.0. The van der Waals surface area contributed by atoms with Crippen LogP contribution in [-0.2, 0) is 4.79 Å². The van der Waals surface area contributed by atoms with Crippen molar-refractivity contribution in [2.24, 2.45) is 0 Å². The minimum atomic E-state index is -0.936. The lowest BCUT2D eigenvalue weighted by atomic mass is 10.1. The Kier molecular flexibility index (Phi) is 17.3. The van der Waals surface area contributed by atoms with E-state index in [1.165, 1.54) is 51.0 Å². The van der Waals surface area contributed by atoms with Gasteiger partial charge < -0.3 is 5.11 Å². The summed E-state index contributed by atoms with van der Waals surface area (Å²) in [5, 5.41) is 8.39. The Morgan fingerprint density at radius 2 is 1.12 bits per heavy atom. The molecule has 2 nitrogen and oxygen atoms in total. The van der Waals surface area contributed by atoms with Crippen LogP contribution in [0.2, 0.25) is 0 Å². The maximum Gasteiger partial charge on any atom is 0.328 e. The number of carboxylic acid groups (broad SMARTS) is 1. The van der Waals surface area contributed by atoms with Gasteiger partial charge in [-0.05, 0) is 12.8 Å². The van der Waals surface area contributed by atoms with Crippen LogP contribution in [0.4, 0.5) is 0 Å². The zero-order valence-corrected chi connectivity index (χ0v) is 14.9. The van der Waals surface area contributed by atoms with Crippen molar-refractivity contribution in [2.75, 3.05) is 0 Å². The summed E-state index contributed by atoms with van der Waals surface area (Å²) >= 11 is 0. The first-order chi connectivity index (χ1) is 11.8. The SMILES string of the molecule is CCCCCCCCC\C=C/C=C\C=C/C=C\C=C/C=C\C(=O)O. The molecule has 0 aromatic rings. The smallest absolute Gasteiger partial charge is 0.328 e. The van der Waals surface area contributed by atoms with Crippen LogP contribution in [0, 0.1) is 0 Å². The summed E-state index contributed by atoms with van der Waals surface area (Å²) in [5.74, 6) is -0.936. The summed E-state index contributed by atoms with van der Waals surface area (Å²) in [6.07, 6.45) is 32.7. The van der Waals surface area contributed by atoms with Crippen molar-refractivity contribution < 1.29 is 9.90 Å². The number of unbranched alkanes of at least 4 members (excludes halogenated alkanes) is 7. The van der Waals surface area contributed by atoms with Gasteiger partial charge in [0.1, 0.15) is 0 Å². The van der Waals surface area contributed by atoms with Crippen LogP contribution in [0.25, 0.3) is 0 Å². The molecule has 0 heterocycles. The average Bonchev–Trinajstić information content (AvgIpc) is 2.56. The maximum atomic E-state index is 10.2. The van der Waals surface area contributed by atoms with Gasteiger partial charge in [-0.15, -0.1) is 0 Å². The van der Waals surface area contributed by atoms with Gasteiger partial charge in [0.05, 0.1) is 0 Å². The van der Waals surface area contributed by atoms with Crippen LogP contribution in [0.3, 0.4) is 0 Å². The summed E-state index contributed by atoms with van der Waals surface area (Å²) in [4.78, 5) is 10.2. The zero-order chi connectivity index (χ0) is 17.7. The predicted molar refractivity (Wildman–Crippen MR) is 105 cm³/mol. The second kappa shape index (κ2) is 19.0. The quantitative estimate of drug-likeness (QED) is 0.223. The second-order valence-electron chi connectivity index (χ2n) is 5.58. The largest absolute Gasteiger partial charge is 0.478 e. The highest BCUT2D eigenvalue weighted by Crippen LogP contribution is 2.08. The van der Waals surface area contributed by atoms with E-state index in [4.69, 9.17) is 5.11 Å². The Morgan fingerprint density at radius 1 is 0.667 bits per heavy atom. The van der Waals surface area contributed by atoms with E-state index < -0.39 is 5.97 Å². The molecule has 0 radical (unpaired) electrons. The zero-order valence-electron chi connectivity index (χ0n) is 14.9. The van der Waals surface area contributed by atoms with E-state index in [-0.39, 0.29) is 0 Å². The topological polar surface area (TPSA) is 37.3 Å². The van der Waals surface area contributed by atoms with E-state index in [1.54, 1.807) is 12.2 Å². The summed E-state index contributed by atoms with van der Waals surface area (Å²) in [6, 6.07) is 0. The fourth-order valence-corrected chi connectivity index (χ4v) is 2.05. The molecule has 0 unspecified atom stereocenters. The van der Waals surface area contributed by atoms with Gasteiger partial charge in [-0.25, -0.2) is 4.79 Å². The van der Waals surface area contributed by atoms with Crippen LogP contribution in [0.1, 0.15) is 58.3 Å². The molecule has 0 amide bonds. The van der Waals surface area contributed by atoms with Gasteiger partial charge >= 0.3 is 5.97 Å². The van der Waals surface area contributed by atoms with Crippen LogP contribution < -0.4 is 0 Å². The van der Waals surface area contributed by atoms with E-state index in [9.17, 15) is 4.79 Å². The van der Waals surface area contributed by atoms with Crippen LogP contribution in [0.5, 0.6) is 0 Å². The predicted octanol–water partition coefficient (Wildman–Crippen LogP) is 6.55. The molecular formula is C22H32O2. The van der Waals surface area contributed by atoms with Crippen LogP contribution >= 0.6 is 0 Å². The van der Waals surface area contributed by atoms with Gasteiger partial charge in [-0.2, -0.15) is 0 Å². The van der Waals surface area contributed by atoms with Crippen molar-refractivity contribution in [3.63, 3.8) is 0 Å². The minimum Gasteiger partial charge on any atom is -0.478 e. The first-order valence-corrected chi connectivity index (χ1v) is 9.00. The molecule has 0 rings (SSSR count). The molecule has 0 aliphatic heterocycles. The molecule has 0 bridgehead atoms. The molecular weight excluding hydrogens is 296 g/mol. The molecule has 0 aromatic heterocycles. The fourth-order valence-electron chi connectivity index (χ4n) is 2.05. The number of rotatable bonds is 14. The molecule has 0 fully saturated rings. The van der Waals surface area contributed by atoms with Gasteiger partial charge in [0.25, 0.3) is 0 Å². The fraction of sp³-hybridized carbons (Fsp3) is 0.409. The Bertz CT molecular complexity index is 462. The summed E-state index contributed by atoms with van der Waals surface area (Å²) in [7, 11) is 0. The molecule has 0 spiro atoms. The third kappa shape index (κ3) is 19.9. The first-order valence-electron chi connectivity index (χ1n) is 9.00. The first kappa shape index (κ1) is 21.9. The lowest BCUT2D eigenvalue weighted by molar-refractivity contribution is -0.131.